The van der Waals surface area contributed by atoms with Gasteiger partial charge in [0.15, 0.2) is 0 Å². The maximum atomic E-state index is 5.39. The number of alkyl halides is 1. The molecular formula is C12H19BrN2O. The van der Waals surface area contributed by atoms with E-state index in [9.17, 15) is 0 Å². The molecule has 1 aromatic rings. The van der Waals surface area contributed by atoms with E-state index in [1.165, 1.54) is 0 Å². The normalized spacial score (nSPS) is 10.9. The summed E-state index contributed by atoms with van der Waals surface area (Å²) in [6, 6.07) is 0. The van der Waals surface area contributed by atoms with Crippen LogP contribution in [0.15, 0.2) is 6.20 Å². The maximum Gasteiger partial charge on any atom is 0.128 e. The number of methoxy groups -OCH3 is 1. The molecule has 0 saturated heterocycles. The number of rotatable bonds is 5. The number of aromatic nitrogens is 1. The highest BCUT2D eigenvalue weighted by molar-refractivity contribution is 9.09. The third-order valence-corrected chi connectivity index (χ3v) is 2.99. The Kier molecular flexibility index (Phi) is 5.22. The van der Waals surface area contributed by atoms with E-state index in [2.05, 4.69) is 39.8 Å². The lowest BCUT2D eigenvalue weighted by Crippen LogP contribution is -2.21. The van der Waals surface area contributed by atoms with Gasteiger partial charge in [0.05, 0.1) is 12.8 Å². The van der Waals surface area contributed by atoms with E-state index in [-0.39, 0.29) is 0 Å². The molecule has 0 unspecified atom stereocenters. The molecule has 0 spiro atoms. The monoisotopic (exact) mass is 286 g/mol. The zero-order valence-electron chi connectivity index (χ0n) is 10.4. The highest BCUT2D eigenvalue weighted by Gasteiger charge is 2.10. The summed E-state index contributed by atoms with van der Waals surface area (Å²) in [5.41, 5.74) is 3.32. The predicted octanol–water partition coefficient (Wildman–Crippen LogP) is 2.53. The minimum Gasteiger partial charge on any atom is -0.496 e. The molecule has 3 nitrogen and oxygen atoms in total. The SMILES string of the molecule is COc1c(C)cnc(CN(C)CCBr)c1C. The Morgan fingerprint density at radius 2 is 2.12 bits per heavy atom. The topological polar surface area (TPSA) is 25.4 Å². The molecule has 0 atom stereocenters. The highest BCUT2D eigenvalue weighted by atomic mass is 79.9. The average Bonchev–Trinajstić information content (AvgIpc) is 2.23. The first kappa shape index (κ1) is 13.5. The first-order chi connectivity index (χ1) is 7.60. The Morgan fingerprint density at radius 3 is 2.69 bits per heavy atom. The van der Waals surface area contributed by atoms with E-state index in [1.807, 2.05) is 13.1 Å². The number of nitrogens with zero attached hydrogens (tertiary/aromatic N) is 2. The number of ether oxygens (including phenoxy) is 1. The minimum absolute atomic E-state index is 0.855. The van der Waals surface area contributed by atoms with Crippen LogP contribution in [0.3, 0.4) is 0 Å². The summed E-state index contributed by atoms with van der Waals surface area (Å²) in [5, 5.41) is 0.978. The first-order valence-electron chi connectivity index (χ1n) is 5.33. The predicted molar refractivity (Wildman–Crippen MR) is 70.4 cm³/mol. The zero-order valence-corrected chi connectivity index (χ0v) is 12.0. The number of aryl methyl sites for hydroxylation is 1. The van der Waals surface area contributed by atoms with Gasteiger partial charge < -0.3 is 4.74 Å². The second-order valence-electron chi connectivity index (χ2n) is 3.97. The molecule has 0 aliphatic heterocycles. The van der Waals surface area contributed by atoms with Crippen LogP contribution >= 0.6 is 15.9 Å². The van der Waals surface area contributed by atoms with Gasteiger partial charge >= 0.3 is 0 Å². The van der Waals surface area contributed by atoms with Crippen molar-refractivity contribution >= 4 is 15.9 Å². The third kappa shape index (κ3) is 3.19. The Hall–Kier alpha value is -0.610. The number of hydrogen-bond acceptors (Lipinski definition) is 3. The van der Waals surface area contributed by atoms with Crippen molar-refractivity contribution in [2.75, 3.05) is 26.0 Å². The van der Waals surface area contributed by atoms with Crippen molar-refractivity contribution in [3.63, 3.8) is 0 Å². The van der Waals surface area contributed by atoms with Gasteiger partial charge in [-0.2, -0.15) is 0 Å². The lowest BCUT2D eigenvalue weighted by Gasteiger charge is -2.18. The van der Waals surface area contributed by atoms with Gasteiger partial charge in [0.2, 0.25) is 0 Å². The van der Waals surface area contributed by atoms with Crippen LogP contribution in [0.5, 0.6) is 5.75 Å². The molecule has 0 amide bonds. The van der Waals surface area contributed by atoms with Crippen LogP contribution in [-0.4, -0.2) is 35.9 Å². The van der Waals surface area contributed by atoms with Crippen molar-refractivity contribution in [2.24, 2.45) is 0 Å². The van der Waals surface area contributed by atoms with Crippen LogP contribution in [0.25, 0.3) is 0 Å². The summed E-state index contributed by atoms with van der Waals surface area (Å²) in [6.45, 7) is 5.95. The lowest BCUT2D eigenvalue weighted by atomic mass is 10.1. The summed E-state index contributed by atoms with van der Waals surface area (Å²) >= 11 is 3.43. The molecular weight excluding hydrogens is 268 g/mol. The van der Waals surface area contributed by atoms with Crippen molar-refractivity contribution in [3.8, 4) is 5.75 Å². The standard InChI is InChI=1S/C12H19BrN2O/c1-9-7-14-11(8-15(3)6-5-13)10(2)12(9)16-4/h7H,5-6,8H2,1-4H3. The van der Waals surface area contributed by atoms with Gasteiger partial charge in [0.25, 0.3) is 0 Å². The molecule has 90 valence electrons. The third-order valence-electron chi connectivity index (χ3n) is 2.64. The van der Waals surface area contributed by atoms with Gasteiger partial charge in [0, 0.05) is 35.7 Å². The van der Waals surface area contributed by atoms with Gasteiger partial charge in [-0.3, -0.25) is 9.88 Å². The fourth-order valence-electron chi connectivity index (χ4n) is 1.71. The molecule has 0 saturated carbocycles. The molecule has 1 heterocycles. The van der Waals surface area contributed by atoms with Crippen LogP contribution in [-0.2, 0) is 6.54 Å². The van der Waals surface area contributed by atoms with Crippen LogP contribution < -0.4 is 4.74 Å². The van der Waals surface area contributed by atoms with Gasteiger partial charge in [-0.05, 0) is 20.9 Å². The van der Waals surface area contributed by atoms with E-state index >= 15 is 0 Å². The van der Waals surface area contributed by atoms with E-state index in [4.69, 9.17) is 4.74 Å². The summed E-state index contributed by atoms with van der Waals surface area (Å²) in [7, 11) is 3.80. The number of pyridine rings is 1. The summed E-state index contributed by atoms with van der Waals surface area (Å²) in [5.74, 6) is 0.956. The molecule has 0 bridgehead atoms. The molecule has 0 aromatic carbocycles. The van der Waals surface area contributed by atoms with Crippen molar-refractivity contribution < 1.29 is 4.74 Å². The maximum absolute atomic E-state index is 5.39. The van der Waals surface area contributed by atoms with E-state index in [0.717, 1.165) is 41.0 Å². The molecule has 0 aliphatic carbocycles. The highest BCUT2D eigenvalue weighted by Crippen LogP contribution is 2.24. The van der Waals surface area contributed by atoms with E-state index < -0.39 is 0 Å². The summed E-state index contributed by atoms with van der Waals surface area (Å²) in [6.07, 6.45) is 1.88. The number of halogens is 1. The number of hydrogen-bond donors (Lipinski definition) is 0. The van der Waals surface area contributed by atoms with Crippen molar-refractivity contribution in [1.29, 1.82) is 0 Å². The molecule has 0 radical (unpaired) electrons. The van der Waals surface area contributed by atoms with Crippen LogP contribution in [0.2, 0.25) is 0 Å². The first-order valence-corrected chi connectivity index (χ1v) is 6.45. The fourth-order valence-corrected chi connectivity index (χ4v) is 2.31. The average molecular weight is 287 g/mol. The largest absolute Gasteiger partial charge is 0.496 e. The fraction of sp³-hybridized carbons (Fsp3) is 0.583. The second kappa shape index (κ2) is 6.21. The molecule has 0 N–H and O–H groups in total. The van der Waals surface area contributed by atoms with Crippen molar-refractivity contribution in [1.82, 2.24) is 9.88 Å². The van der Waals surface area contributed by atoms with Gasteiger partial charge in [0.1, 0.15) is 5.75 Å². The Morgan fingerprint density at radius 1 is 1.44 bits per heavy atom. The Labute approximate surface area is 106 Å². The van der Waals surface area contributed by atoms with Crippen molar-refractivity contribution in [2.45, 2.75) is 20.4 Å². The van der Waals surface area contributed by atoms with Crippen molar-refractivity contribution in [3.05, 3.63) is 23.0 Å². The Bertz CT molecular complexity index is 355. The smallest absolute Gasteiger partial charge is 0.128 e. The molecule has 0 aliphatic rings. The molecule has 0 fully saturated rings. The lowest BCUT2D eigenvalue weighted by molar-refractivity contribution is 0.341. The minimum atomic E-state index is 0.855. The van der Waals surface area contributed by atoms with Gasteiger partial charge in [-0.25, -0.2) is 0 Å². The zero-order chi connectivity index (χ0) is 12.1. The molecule has 1 rings (SSSR count). The van der Waals surface area contributed by atoms with E-state index in [1.54, 1.807) is 7.11 Å². The van der Waals surface area contributed by atoms with Gasteiger partial charge in [-0.1, -0.05) is 15.9 Å². The van der Waals surface area contributed by atoms with E-state index in [0.29, 0.717) is 0 Å². The van der Waals surface area contributed by atoms with Crippen LogP contribution in [0.4, 0.5) is 0 Å². The summed E-state index contributed by atoms with van der Waals surface area (Å²) in [4.78, 5) is 6.71. The second-order valence-corrected chi connectivity index (χ2v) is 4.77. The van der Waals surface area contributed by atoms with Crippen LogP contribution in [0.1, 0.15) is 16.8 Å². The van der Waals surface area contributed by atoms with Gasteiger partial charge in [-0.15, -0.1) is 0 Å². The molecule has 16 heavy (non-hydrogen) atoms. The molecule has 4 heteroatoms. The molecule has 1 aromatic heterocycles. The Balaban J connectivity index is 2.89. The van der Waals surface area contributed by atoms with Crippen LogP contribution in [0, 0.1) is 13.8 Å². The summed E-state index contributed by atoms with van der Waals surface area (Å²) < 4.78 is 5.39. The quantitative estimate of drug-likeness (QED) is 0.778.